The van der Waals surface area contributed by atoms with Crippen LogP contribution in [0.25, 0.3) is 0 Å². The monoisotopic (exact) mass is 642 g/mol. The summed E-state index contributed by atoms with van der Waals surface area (Å²) in [6.45, 7) is 6.73. The van der Waals surface area contributed by atoms with Crippen molar-refractivity contribution in [2.45, 2.75) is 64.4 Å². The molecule has 9 heteroatoms. The molecule has 2 aromatic carbocycles. The Morgan fingerprint density at radius 1 is 1.18 bits per heavy atom. The Hall–Kier alpha value is -3.07. The second-order valence-electron chi connectivity index (χ2n) is 11.9. The first kappa shape index (κ1) is 36.4. The number of anilines is 1. The first-order valence-corrected chi connectivity index (χ1v) is 16.3. The predicted octanol–water partition coefficient (Wildman–Crippen LogP) is 6.06. The summed E-state index contributed by atoms with van der Waals surface area (Å²) in [7, 11) is 6.03. The quantitative estimate of drug-likeness (QED) is 0.210. The Bertz CT molecular complexity index is 1280. The van der Waals surface area contributed by atoms with Crippen LogP contribution in [-0.4, -0.2) is 82.6 Å². The number of carbonyl (C=O) groups is 2. The smallest absolute Gasteiger partial charge is 0.309 e. The van der Waals surface area contributed by atoms with Crippen molar-refractivity contribution in [3.63, 3.8) is 0 Å². The van der Waals surface area contributed by atoms with E-state index in [4.69, 9.17) is 30.9 Å². The number of aliphatic hydroxyl groups is 1. The van der Waals surface area contributed by atoms with Crippen molar-refractivity contribution in [1.29, 1.82) is 0 Å². The lowest BCUT2D eigenvalue weighted by Crippen LogP contribution is -2.44. The third-order valence-corrected chi connectivity index (χ3v) is 9.24. The molecular formula is C36H51ClN2O6. The number of aryl methyl sites for hydroxylation is 1. The average molecular weight is 643 g/mol. The lowest BCUT2D eigenvalue weighted by molar-refractivity contribution is -0.139. The zero-order valence-corrected chi connectivity index (χ0v) is 28.5. The van der Waals surface area contributed by atoms with Gasteiger partial charge in [0.05, 0.1) is 31.9 Å². The summed E-state index contributed by atoms with van der Waals surface area (Å²) >= 11 is 6.41. The number of amides is 1. The van der Waals surface area contributed by atoms with Gasteiger partial charge in [-0.3, -0.25) is 9.59 Å². The van der Waals surface area contributed by atoms with E-state index < -0.39 is 0 Å². The SMILES string of the molecule is CCCc1cc(Cl)ccc1C1COc2ccc(CC(=O)OC)cc2N(CC2CCC2C(/C=C/CCN(C)C(C)=O)OC)C1.CO. The van der Waals surface area contributed by atoms with Gasteiger partial charge in [0, 0.05) is 58.8 Å². The molecule has 1 N–H and O–H groups in total. The van der Waals surface area contributed by atoms with Crippen molar-refractivity contribution in [3.8, 4) is 5.75 Å². The number of ether oxygens (including phenoxy) is 3. The summed E-state index contributed by atoms with van der Waals surface area (Å²) in [6.07, 6.45) is 9.62. The van der Waals surface area contributed by atoms with Crippen molar-refractivity contribution in [3.05, 3.63) is 70.3 Å². The number of carbonyl (C=O) groups excluding carboxylic acids is 2. The predicted molar refractivity (Wildman–Crippen MR) is 180 cm³/mol. The third kappa shape index (κ3) is 9.96. The molecule has 4 atom stereocenters. The molecule has 1 fully saturated rings. The van der Waals surface area contributed by atoms with E-state index in [9.17, 15) is 9.59 Å². The zero-order valence-electron chi connectivity index (χ0n) is 27.8. The lowest BCUT2D eigenvalue weighted by Gasteiger charge is -2.43. The summed E-state index contributed by atoms with van der Waals surface area (Å²) in [5, 5.41) is 7.76. The van der Waals surface area contributed by atoms with Crippen LogP contribution < -0.4 is 9.64 Å². The fourth-order valence-corrected chi connectivity index (χ4v) is 6.49. The molecule has 2 aromatic rings. The van der Waals surface area contributed by atoms with Gasteiger partial charge in [-0.2, -0.15) is 0 Å². The topological polar surface area (TPSA) is 88.5 Å². The average Bonchev–Trinajstić information content (AvgIpc) is 3.20. The number of aliphatic hydroxyl groups excluding tert-OH is 1. The summed E-state index contributed by atoms with van der Waals surface area (Å²) < 4.78 is 17.4. The number of hydrogen-bond acceptors (Lipinski definition) is 7. The highest BCUT2D eigenvalue weighted by Gasteiger charge is 2.38. The number of fused-ring (bicyclic) bond motifs is 1. The van der Waals surface area contributed by atoms with Crippen LogP contribution in [0.3, 0.4) is 0 Å². The molecule has 1 saturated carbocycles. The number of nitrogens with zero attached hydrogens (tertiary/aromatic N) is 2. The molecule has 248 valence electrons. The van der Waals surface area contributed by atoms with Gasteiger partial charge in [-0.05, 0) is 78.5 Å². The minimum Gasteiger partial charge on any atom is -0.491 e. The number of halogens is 1. The Balaban J connectivity index is 0.00000271. The van der Waals surface area contributed by atoms with Gasteiger partial charge < -0.3 is 29.1 Å². The molecule has 0 radical (unpaired) electrons. The van der Waals surface area contributed by atoms with E-state index in [0.717, 1.165) is 74.3 Å². The second kappa shape index (κ2) is 18.2. The van der Waals surface area contributed by atoms with Crippen molar-refractivity contribution in [1.82, 2.24) is 4.90 Å². The molecule has 1 aliphatic heterocycles. The molecule has 0 bridgehead atoms. The van der Waals surface area contributed by atoms with Gasteiger partial charge in [-0.15, -0.1) is 0 Å². The Labute approximate surface area is 274 Å². The summed E-state index contributed by atoms with van der Waals surface area (Å²) in [6, 6.07) is 12.3. The van der Waals surface area contributed by atoms with Gasteiger partial charge >= 0.3 is 5.97 Å². The minimum atomic E-state index is -0.257. The molecule has 0 aromatic heterocycles. The number of methoxy groups -OCH3 is 2. The number of esters is 1. The van der Waals surface area contributed by atoms with Crippen LogP contribution >= 0.6 is 11.6 Å². The van der Waals surface area contributed by atoms with Crippen molar-refractivity contribution in [2.75, 3.05) is 59.5 Å². The van der Waals surface area contributed by atoms with E-state index in [1.54, 1.807) is 18.9 Å². The van der Waals surface area contributed by atoms with E-state index in [2.05, 4.69) is 42.2 Å². The summed E-state index contributed by atoms with van der Waals surface area (Å²) in [4.78, 5) is 27.8. The first-order chi connectivity index (χ1) is 21.7. The lowest BCUT2D eigenvalue weighted by atomic mass is 9.70. The molecule has 1 heterocycles. The highest BCUT2D eigenvalue weighted by Crippen LogP contribution is 2.43. The molecule has 1 amide bonds. The van der Waals surface area contributed by atoms with Crippen LogP contribution in [0.1, 0.15) is 62.1 Å². The van der Waals surface area contributed by atoms with E-state index in [1.165, 1.54) is 18.2 Å². The maximum Gasteiger partial charge on any atom is 0.309 e. The number of rotatable bonds is 13. The van der Waals surface area contributed by atoms with Gasteiger partial charge in [0.25, 0.3) is 0 Å². The normalized spacial score (nSPS) is 19.7. The highest BCUT2D eigenvalue weighted by molar-refractivity contribution is 6.30. The van der Waals surface area contributed by atoms with Crippen LogP contribution in [0.2, 0.25) is 5.02 Å². The Morgan fingerprint density at radius 2 is 1.96 bits per heavy atom. The molecular weight excluding hydrogens is 592 g/mol. The zero-order chi connectivity index (χ0) is 32.9. The van der Waals surface area contributed by atoms with E-state index in [-0.39, 0.29) is 30.3 Å². The molecule has 4 rings (SSSR count). The number of benzene rings is 2. The van der Waals surface area contributed by atoms with E-state index in [0.29, 0.717) is 25.0 Å². The molecule has 0 spiro atoms. The molecule has 4 unspecified atom stereocenters. The molecule has 45 heavy (non-hydrogen) atoms. The molecule has 0 saturated heterocycles. The van der Waals surface area contributed by atoms with Crippen LogP contribution in [0.5, 0.6) is 5.75 Å². The summed E-state index contributed by atoms with van der Waals surface area (Å²) in [5.74, 6) is 1.69. The second-order valence-corrected chi connectivity index (χ2v) is 12.4. The minimum absolute atomic E-state index is 0.0259. The van der Waals surface area contributed by atoms with Crippen LogP contribution in [0.4, 0.5) is 5.69 Å². The van der Waals surface area contributed by atoms with Crippen LogP contribution in [0.15, 0.2) is 48.6 Å². The van der Waals surface area contributed by atoms with Crippen molar-refractivity contribution in [2.24, 2.45) is 11.8 Å². The van der Waals surface area contributed by atoms with Gasteiger partial charge in [0.15, 0.2) is 0 Å². The fraction of sp³-hybridized carbons (Fsp3) is 0.556. The maximum atomic E-state index is 12.1. The Morgan fingerprint density at radius 3 is 2.60 bits per heavy atom. The standard InChI is InChI=1S/C35H47ClN2O5.CH4O/c1-6-9-26-20-29(36)13-15-30(26)28-22-38(32-18-25(19-35(40)42-5)11-16-34(32)43-23-28)21-27-12-14-31(27)33(41-4)10-7-8-17-37(3)24(2)39;1-2/h7,10-11,13,15-16,18,20,27-28,31,33H,6,8-9,12,14,17,19,21-23H2,1-5H3;2H,1H3/b10-7+;. The highest BCUT2D eigenvalue weighted by atomic mass is 35.5. The van der Waals surface area contributed by atoms with Gasteiger partial charge in [0.1, 0.15) is 5.75 Å². The van der Waals surface area contributed by atoms with Crippen molar-refractivity contribution < 1.29 is 28.9 Å². The van der Waals surface area contributed by atoms with E-state index >= 15 is 0 Å². The fourth-order valence-electron chi connectivity index (χ4n) is 6.30. The third-order valence-electron chi connectivity index (χ3n) is 9.00. The van der Waals surface area contributed by atoms with E-state index in [1.807, 2.05) is 25.2 Å². The number of hydrogen-bond donors (Lipinski definition) is 1. The van der Waals surface area contributed by atoms with Crippen molar-refractivity contribution >= 4 is 29.2 Å². The molecule has 8 nitrogen and oxygen atoms in total. The molecule has 1 aliphatic carbocycles. The first-order valence-electron chi connectivity index (χ1n) is 16.0. The maximum absolute atomic E-state index is 12.1. The molecule has 2 aliphatic rings. The van der Waals surface area contributed by atoms with Gasteiger partial charge in [0.2, 0.25) is 5.91 Å². The van der Waals surface area contributed by atoms with Crippen LogP contribution in [-0.2, 0) is 31.9 Å². The Kier molecular flexibility index (Phi) is 14.7. The van der Waals surface area contributed by atoms with Crippen LogP contribution in [0, 0.1) is 11.8 Å². The van der Waals surface area contributed by atoms with Gasteiger partial charge in [-0.1, -0.05) is 49.2 Å². The summed E-state index contributed by atoms with van der Waals surface area (Å²) in [5.41, 5.74) is 4.51. The van der Waals surface area contributed by atoms with Gasteiger partial charge in [-0.25, -0.2) is 0 Å². The largest absolute Gasteiger partial charge is 0.491 e.